The average Bonchev–Trinajstić information content (AvgIpc) is 3.32. The summed E-state index contributed by atoms with van der Waals surface area (Å²) in [7, 11) is 0. The molecule has 0 radical (unpaired) electrons. The lowest BCUT2D eigenvalue weighted by Crippen LogP contribution is -2.40. The average molecular weight is 377 g/mol. The van der Waals surface area contributed by atoms with Crippen LogP contribution in [-0.2, 0) is 4.79 Å². The molecule has 2 aromatic rings. The fourth-order valence-electron chi connectivity index (χ4n) is 5.02. The second-order valence-electron chi connectivity index (χ2n) is 8.30. The van der Waals surface area contributed by atoms with Crippen molar-refractivity contribution in [1.29, 1.82) is 0 Å². The third kappa shape index (κ3) is 3.96. The van der Waals surface area contributed by atoms with Crippen LogP contribution in [0.3, 0.4) is 0 Å². The summed E-state index contributed by atoms with van der Waals surface area (Å²) in [5.74, 6) is 2.48. The van der Waals surface area contributed by atoms with Crippen LogP contribution in [0.2, 0.25) is 0 Å². The molecule has 0 unspecified atom stereocenters. The van der Waals surface area contributed by atoms with Crippen molar-refractivity contribution in [2.24, 2.45) is 17.8 Å². The minimum Gasteiger partial charge on any atom is -0.427 e. The zero-order valence-electron chi connectivity index (χ0n) is 16.5. The number of fused-ring (bicyclic) bond motifs is 2. The number of amides is 1. The van der Waals surface area contributed by atoms with Gasteiger partial charge in [-0.2, -0.15) is 0 Å². The molecule has 2 saturated carbocycles. The Hall–Kier alpha value is -2.62. The van der Waals surface area contributed by atoms with Gasteiger partial charge in [-0.25, -0.2) is 0 Å². The lowest BCUT2D eigenvalue weighted by Gasteiger charge is -2.28. The second-order valence-corrected chi connectivity index (χ2v) is 8.30. The van der Waals surface area contributed by atoms with Crippen LogP contribution in [0.25, 0.3) is 11.1 Å². The molecular formula is C24H27NO3. The summed E-state index contributed by atoms with van der Waals surface area (Å²) in [6.07, 6.45) is 5.32. The highest BCUT2D eigenvalue weighted by Crippen LogP contribution is 2.49. The molecule has 0 heterocycles. The summed E-state index contributed by atoms with van der Waals surface area (Å²) in [6, 6.07) is 15.2. The summed E-state index contributed by atoms with van der Waals surface area (Å²) in [6.45, 7) is 3.54. The van der Waals surface area contributed by atoms with Gasteiger partial charge in [-0.05, 0) is 79.3 Å². The van der Waals surface area contributed by atoms with Crippen LogP contribution in [0.15, 0.2) is 48.5 Å². The van der Waals surface area contributed by atoms with Gasteiger partial charge in [0.15, 0.2) is 0 Å². The maximum absolute atomic E-state index is 12.8. The highest BCUT2D eigenvalue weighted by Gasteiger charge is 2.42. The van der Waals surface area contributed by atoms with Gasteiger partial charge in [-0.3, -0.25) is 9.59 Å². The van der Waals surface area contributed by atoms with Crippen molar-refractivity contribution >= 4 is 11.9 Å². The lowest BCUT2D eigenvalue weighted by atomic mass is 9.84. The fourth-order valence-corrected chi connectivity index (χ4v) is 5.02. The predicted octanol–water partition coefficient (Wildman–Crippen LogP) is 4.83. The number of hydrogen-bond donors (Lipinski definition) is 1. The Morgan fingerprint density at radius 2 is 1.82 bits per heavy atom. The fraction of sp³-hybridized carbons (Fsp3) is 0.417. The van der Waals surface area contributed by atoms with E-state index in [1.807, 2.05) is 36.4 Å². The summed E-state index contributed by atoms with van der Waals surface area (Å²) in [4.78, 5) is 23.9. The molecular weight excluding hydrogens is 350 g/mol. The molecule has 2 aromatic carbocycles. The second kappa shape index (κ2) is 7.78. The number of carbonyl (C=O) groups excluding carboxylic acids is 2. The number of nitrogens with one attached hydrogen (secondary N) is 1. The molecule has 4 atom stereocenters. The summed E-state index contributed by atoms with van der Waals surface area (Å²) >= 11 is 0. The van der Waals surface area contributed by atoms with Crippen molar-refractivity contribution < 1.29 is 14.3 Å². The Morgan fingerprint density at radius 3 is 2.46 bits per heavy atom. The molecule has 4 nitrogen and oxygen atoms in total. The zero-order valence-corrected chi connectivity index (χ0v) is 16.5. The maximum atomic E-state index is 12.8. The highest BCUT2D eigenvalue weighted by atomic mass is 16.5. The Balaban J connectivity index is 1.44. The largest absolute Gasteiger partial charge is 0.427 e. The van der Waals surface area contributed by atoms with E-state index < -0.39 is 0 Å². The number of ether oxygens (including phenoxy) is 1. The number of carbonyl (C=O) groups is 2. The number of rotatable bonds is 5. The van der Waals surface area contributed by atoms with E-state index in [4.69, 9.17) is 4.74 Å². The SMILES string of the molecule is CC(=O)Oc1ccc(-c2cccc(C(=O)N[C@H](C)[C@@H]3C[C@H]4CC[C@H]3C4)c2)cc1. The number of benzene rings is 2. The van der Waals surface area contributed by atoms with Crippen molar-refractivity contribution in [3.05, 3.63) is 54.1 Å². The summed E-state index contributed by atoms with van der Waals surface area (Å²) < 4.78 is 5.08. The summed E-state index contributed by atoms with van der Waals surface area (Å²) in [5, 5.41) is 3.24. The normalized spacial score (nSPS) is 24.0. The zero-order chi connectivity index (χ0) is 19.7. The van der Waals surface area contributed by atoms with E-state index in [-0.39, 0.29) is 17.9 Å². The first-order valence-electron chi connectivity index (χ1n) is 10.2. The van der Waals surface area contributed by atoms with Gasteiger partial charge in [0, 0.05) is 18.5 Å². The van der Waals surface area contributed by atoms with E-state index in [1.54, 1.807) is 12.1 Å². The number of hydrogen-bond acceptors (Lipinski definition) is 3. The minimum absolute atomic E-state index is 0.00587. The molecule has 2 aliphatic rings. The van der Waals surface area contributed by atoms with Gasteiger partial charge in [0.25, 0.3) is 5.91 Å². The highest BCUT2D eigenvalue weighted by molar-refractivity contribution is 5.95. The molecule has 0 spiro atoms. The van der Waals surface area contributed by atoms with Crippen molar-refractivity contribution in [3.63, 3.8) is 0 Å². The van der Waals surface area contributed by atoms with Gasteiger partial charge in [-0.1, -0.05) is 30.7 Å². The Kier molecular flexibility index (Phi) is 5.21. The molecule has 4 heteroatoms. The Labute approximate surface area is 166 Å². The molecule has 0 aromatic heterocycles. The Bertz CT molecular complexity index is 874. The van der Waals surface area contributed by atoms with E-state index >= 15 is 0 Å². The number of esters is 1. The molecule has 2 bridgehead atoms. The quantitative estimate of drug-likeness (QED) is 0.600. The van der Waals surface area contributed by atoms with Crippen LogP contribution in [0.4, 0.5) is 0 Å². The van der Waals surface area contributed by atoms with Gasteiger partial charge in [-0.15, -0.1) is 0 Å². The van der Waals surface area contributed by atoms with Crippen LogP contribution in [0.1, 0.15) is 49.9 Å². The van der Waals surface area contributed by atoms with Gasteiger partial charge >= 0.3 is 5.97 Å². The van der Waals surface area contributed by atoms with E-state index in [1.165, 1.54) is 32.6 Å². The molecule has 1 amide bonds. The first-order chi connectivity index (χ1) is 13.5. The molecule has 4 rings (SSSR count). The minimum atomic E-state index is -0.337. The Morgan fingerprint density at radius 1 is 1.04 bits per heavy atom. The third-order valence-corrected chi connectivity index (χ3v) is 6.37. The molecule has 146 valence electrons. The maximum Gasteiger partial charge on any atom is 0.308 e. The van der Waals surface area contributed by atoms with Crippen molar-refractivity contribution in [2.75, 3.05) is 0 Å². The predicted molar refractivity (Wildman–Crippen MR) is 109 cm³/mol. The molecule has 28 heavy (non-hydrogen) atoms. The van der Waals surface area contributed by atoms with Gasteiger partial charge in [0.1, 0.15) is 5.75 Å². The van der Waals surface area contributed by atoms with E-state index in [0.29, 0.717) is 17.2 Å². The van der Waals surface area contributed by atoms with Crippen molar-refractivity contribution in [2.45, 2.75) is 45.6 Å². The van der Waals surface area contributed by atoms with Gasteiger partial charge in [0.05, 0.1) is 0 Å². The standard InChI is InChI=1S/C24H27NO3/c1-15(23-13-17-6-7-20(23)12-17)25-24(27)21-5-3-4-19(14-21)18-8-10-22(11-9-18)28-16(2)26/h3-5,8-11,14-15,17,20,23H,6-7,12-13H2,1-2H3,(H,25,27)/t15-,17+,20+,23+/m1/s1. The molecule has 0 saturated heterocycles. The van der Waals surface area contributed by atoms with Crippen LogP contribution in [0, 0.1) is 17.8 Å². The molecule has 2 aliphatic carbocycles. The van der Waals surface area contributed by atoms with Crippen LogP contribution < -0.4 is 10.1 Å². The van der Waals surface area contributed by atoms with Crippen LogP contribution >= 0.6 is 0 Å². The topological polar surface area (TPSA) is 55.4 Å². The van der Waals surface area contributed by atoms with Gasteiger partial charge in [0.2, 0.25) is 0 Å². The summed E-state index contributed by atoms with van der Waals surface area (Å²) in [5.41, 5.74) is 2.62. The molecule has 2 fully saturated rings. The molecule has 0 aliphatic heterocycles. The molecule has 1 N–H and O–H groups in total. The first-order valence-corrected chi connectivity index (χ1v) is 10.2. The van der Waals surface area contributed by atoms with E-state index in [2.05, 4.69) is 12.2 Å². The monoisotopic (exact) mass is 377 g/mol. The third-order valence-electron chi connectivity index (χ3n) is 6.37. The van der Waals surface area contributed by atoms with Crippen LogP contribution in [-0.4, -0.2) is 17.9 Å². The smallest absolute Gasteiger partial charge is 0.308 e. The van der Waals surface area contributed by atoms with E-state index in [0.717, 1.165) is 23.0 Å². The van der Waals surface area contributed by atoms with Crippen LogP contribution in [0.5, 0.6) is 5.75 Å². The lowest BCUT2D eigenvalue weighted by molar-refractivity contribution is -0.131. The van der Waals surface area contributed by atoms with Gasteiger partial charge < -0.3 is 10.1 Å². The van der Waals surface area contributed by atoms with E-state index in [9.17, 15) is 9.59 Å². The van der Waals surface area contributed by atoms with Crippen molar-refractivity contribution in [1.82, 2.24) is 5.32 Å². The first kappa shape index (κ1) is 18.7. The van der Waals surface area contributed by atoms with Crippen molar-refractivity contribution in [3.8, 4) is 16.9 Å².